The summed E-state index contributed by atoms with van der Waals surface area (Å²) in [5.74, 6) is 2.23. The highest BCUT2D eigenvalue weighted by Crippen LogP contribution is 2.45. The molecule has 4 rings (SSSR count). The van der Waals surface area contributed by atoms with Crippen molar-refractivity contribution >= 4 is 0 Å². The van der Waals surface area contributed by atoms with Gasteiger partial charge in [0, 0.05) is 24.7 Å². The van der Waals surface area contributed by atoms with Crippen LogP contribution >= 0.6 is 0 Å². The molecule has 2 aromatic rings. The van der Waals surface area contributed by atoms with E-state index in [0.717, 1.165) is 48.6 Å². The Morgan fingerprint density at radius 3 is 2.50 bits per heavy atom. The molecule has 0 N–H and O–H groups in total. The first kappa shape index (κ1) is 13.8. The second-order valence-corrected chi connectivity index (χ2v) is 6.68. The van der Waals surface area contributed by atoms with E-state index < -0.39 is 7.04 Å². The molecule has 2 aliphatic rings. The Balaban J connectivity index is 1.75. The van der Waals surface area contributed by atoms with Gasteiger partial charge in [0.1, 0.15) is 0 Å². The first-order chi connectivity index (χ1) is 13.8. The van der Waals surface area contributed by atoms with E-state index in [1.165, 1.54) is 18.2 Å². The van der Waals surface area contributed by atoms with Gasteiger partial charge < -0.3 is 18.9 Å². The average Bonchev–Trinajstić information content (AvgIpc) is 2.69. The van der Waals surface area contributed by atoms with Gasteiger partial charge in [-0.1, -0.05) is 6.07 Å². The van der Waals surface area contributed by atoms with Crippen LogP contribution in [0.5, 0.6) is 23.0 Å². The molecule has 0 fully saturated rings. The molecule has 5 heteroatoms. The van der Waals surface area contributed by atoms with E-state index in [4.69, 9.17) is 23.1 Å². The number of methoxy groups -OCH3 is 4. The molecule has 2 aromatic carbocycles. The SMILES string of the molecule is [2H]C([2H])([2H])Oc1cc2c(cc1OC)CCN1Cc3c(ccc(OC)c3OC)C[C@@H]21. The Bertz CT molecular complexity index is 929. The lowest BCUT2D eigenvalue weighted by Crippen LogP contribution is -2.39. The van der Waals surface area contributed by atoms with Gasteiger partial charge in [0.05, 0.1) is 32.5 Å². The highest BCUT2D eigenvalue weighted by molar-refractivity contribution is 5.54. The van der Waals surface area contributed by atoms with Crippen molar-refractivity contribution in [2.24, 2.45) is 0 Å². The fourth-order valence-electron chi connectivity index (χ4n) is 4.24. The molecule has 2 aliphatic heterocycles. The molecule has 138 valence electrons. The summed E-state index contributed by atoms with van der Waals surface area (Å²) < 4.78 is 44.1. The summed E-state index contributed by atoms with van der Waals surface area (Å²) in [6.07, 6.45) is 1.67. The topological polar surface area (TPSA) is 40.2 Å². The van der Waals surface area contributed by atoms with Crippen molar-refractivity contribution in [1.82, 2.24) is 4.90 Å². The van der Waals surface area contributed by atoms with Crippen LogP contribution in [-0.4, -0.2) is 39.8 Å². The van der Waals surface area contributed by atoms with E-state index in [1.54, 1.807) is 14.2 Å². The summed E-state index contributed by atoms with van der Waals surface area (Å²) in [5.41, 5.74) is 4.63. The van der Waals surface area contributed by atoms with Crippen molar-refractivity contribution in [1.29, 1.82) is 0 Å². The lowest BCUT2D eigenvalue weighted by atomic mass is 9.83. The lowest BCUT2D eigenvalue weighted by molar-refractivity contribution is 0.157. The number of hydrogen-bond acceptors (Lipinski definition) is 5. The van der Waals surface area contributed by atoms with Crippen LogP contribution in [0.3, 0.4) is 0 Å². The number of benzene rings is 2. The lowest BCUT2D eigenvalue weighted by Gasteiger charge is -2.42. The molecule has 26 heavy (non-hydrogen) atoms. The van der Waals surface area contributed by atoms with E-state index >= 15 is 0 Å². The van der Waals surface area contributed by atoms with E-state index in [1.807, 2.05) is 18.2 Å². The monoisotopic (exact) mass is 358 g/mol. The summed E-state index contributed by atoms with van der Waals surface area (Å²) in [4.78, 5) is 2.40. The van der Waals surface area contributed by atoms with Crippen molar-refractivity contribution in [3.63, 3.8) is 0 Å². The predicted molar refractivity (Wildman–Crippen MR) is 99.7 cm³/mol. The molecule has 0 amide bonds. The summed E-state index contributed by atoms with van der Waals surface area (Å²) in [5, 5.41) is 0. The third-order valence-corrected chi connectivity index (χ3v) is 5.52. The van der Waals surface area contributed by atoms with Crippen molar-refractivity contribution in [3.8, 4) is 23.0 Å². The molecule has 0 bridgehead atoms. The molecule has 0 radical (unpaired) electrons. The molecular weight excluding hydrogens is 330 g/mol. The van der Waals surface area contributed by atoms with Crippen LogP contribution in [0.4, 0.5) is 0 Å². The van der Waals surface area contributed by atoms with Crippen molar-refractivity contribution in [2.45, 2.75) is 25.4 Å². The minimum atomic E-state index is -2.53. The molecule has 0 saturated carbocycles. The molecule has 0 unspecified atom stereocenters. The van der Waals surface area contributed by atoms with Crippen LogP contribution in [0, 0.1) is 0 Å². The standard InChI is InChI=1S/C21H25NO4/c1-23-18-6-5-13-9-17-15-11-20(25-3)19(24-2)10-14(15)7-8-22(17)12-16(13)21(18)26-4/h5-6,10-11,17H,7-9,12H2,1-4H3/t17-/m0/s1/i3D3. The van der Waals surface area contributed by atoms with Crippen molar-refractivity contribution in [2.75, 3.05) is 34.9 Å². The van der Waals surface area contributed by atoms with Gasteiger partial charge in [-0.2, -0.15) is 0 Å². The van der Waals surface area contributed by atoms with Gasteiger partial charge in [-0.25, -0.2) is 0 Å². The molecular formula is C21H25NO4. The van der Waals surface area contributed by atoms with Gasteiger partial charge in [-0.05, 0) is 47.7 Å². The number of fused-ring (bicyclic) bond motifs is 4. The van der Waals surface area contributed by atoms with Crippen LogP contribution in [0.15, 0.2) is 24.3 Å². The number of hydrogen-bond donors (Lipinski definition) is 0. The third kappa shape index (κ3) is 2.58. The summed E-state index contributed by atoms with van der Waals surface area (Å²) in [7, 11) is 2.31. The summed E-state index contributed by atoms with van der Waals surface area (Å²) in [6.45, 7) is 1.65. The maximum absolute atomic E-state index is 7.46. The Kier molecular flexibility index (Phi) is 3.56. The Labute approximate surface area is 158 Å². The highest BCUT2D eigenvalue weighted by atomic mass is 16.5. The maximum atomic E-state index is 7.46. The largest absolute Gasteiger partial charge is 0.493 e. The van der Waals surface area contributed by atoms with Gasteiger partial charge in [0.25, 0.3) is 0 Å². The number of nitrogens with zero attached hydrogens (tertiary/aromatic N) is 1. The quantitative estimate of drug-likeness (QED) is 0.838. The van der Waals surface area contributed by atoms with Gasteiger partial charge in [-0.3, -0.25) is 4.90 Å². The van der Waals surface area contributed by atoms with Crippen LogP contribution in [0.2, 0.25) is 0 Å². The Hall–Kier alpha value is -2.40. The van der Waals surface area contributed by atoms with E-state index in [9.17, 15) is 0 Å². The Morgan fingerprint density at radius 1 is 0.962 bits per heavy atom. The van der Waals surface area contributed by atoms with E-state index in [0.29, 0.717) is 5.75 Å². The zero-order chi connectivity index (χ0) is 20.8. The minimum absolute atomic E-state index is 0.147. The maximum Gasteiger partial charge on any atom is 0.165 e. The Morgan fingerprint density at radius 2 is 1.77 bits per heavy atom. The van der Waals surface area contributed by atoms with Gasteiger partial charge in [-0.15, -0.1) is 0 Å². The van der Waals surface area contributed by atoms with Crippen LogP contribution in [-0.2, 0) is 19.4 Å². The van der Waals surface area contributed by atoms with Gasteiger partial charge >= 0.3 is 0 Å². The highest BCUT2D eigenvalue weighted by Gasteiger charge is 2.34. The van der Waals surface area contributed by atoms with Crippen LogP contribution in [0.25, 0.3) is 0 Å². The second-order valence-electron chi connectivity index (χ2n) is 6.68. The fraction of sp³-hybridized carbons (Fsp3) is 0.429. The number of rotatable bonds is 4. The van der Waals surface area contributed by atoms with Crippen molar-refractivity contribution in [3.05, 3.63) is 46.5 Å². The zero-order valence-electron chi connectivity index (χ0n) is 18.3. The average molecular weight is 358 g/mol. The normalized spacial score (nSPS) is 20.6. The molecule has 2 heterocycles. The van der Waals surface area contributed by atoms with Gasteiger partial charge in [0.15, 0.2) is 23.0 Å². The molecule has 0 spiro atoms. The minimum Gasteiger partial charge on any atom is -0.493 e. The smallest absolute Gasteiger partial charge is 0.165 e. The molecule has 5 nitrogen and oxygen atoms in total. The molecule has 0 saturated heterocycles. The van der Waals surface area contributed by atoms with Crippen LogP contribution < -0.4 is 18.9 Å². The third-order valence-electron chi connectivity index (χ3n) is 5.52. The van der Waals surface area contributed by atoms with Gasteiger partial charge in [0.2, 0.25) is 0 Å². The second kappa shape index (κ2) is 6.72. The predicted octanol–water partition coefficient (Wildman–Crippen LogP) is 3.38. The first-order valence-corrected chi connectivity index (χ1v) is 8.71. The molecule has 0 aromatic heterocycles. The van der Waals surface area contributed by atoms with E-state index in [-0.39, 0.29) is 11.8 Å². The van der Waals surface area contributed by atoms with Crippen LogP contribution in [0.1, 0.15) is 32.4 Å². The van der Waals surface area contributed by atoms with E-state index in [2.05, 4.69) is 11.0 Å². The molecule has 0 aliphatic carbocycles. The first-order valence-electron chi connectivity index (χ1n) is 10.2. The summed E-state index contributed by atoms with van der Waals surface area (Å²) >= 11 is 0. The van der Waals surface area contributed by atoms with Crippen molar-refractivity contribution < 1.29 is 23.1 Å². The molecule has 1 atom stereocenters. The zero-order valence-corrected chi connectivity index (χ0v) is 15.3. The fourth-order valence-corrected chi connectivity index (χ4v) is 4.24. The number of ether oxygens (including phenoxy) is 4. The summed E-state index contributed by atoms with van der Waals surface area (Å²) in [6, 6.07) is 7.93.